The summed E-state index contributed by atoms with van der Waals surface area (Å²) < 4.78 is 0. The molecule has 1 aromatic carbocycles. The van der Waals surface area contributed by atoms with E-state index < -0.39 is 17.4 Å². The molecule has 4 heteroatoms. The van der Waals surface area contributed by atoms with Crippen LogP contribution in [0, 0.1) is 17.3 Å². The number of carboxylic acid groups (broad SMARTS) is 2. The molecule has 2 fully saturated rings. The lowest BCUT2D eigenvalue weighted by atomic mass is 9.43. The molecule has 4 nitrogen and oxygen atoms in total. The van der Waals surface area contributed by atoms with Crippen LogP contribution < -0.4 is 0 Å². The lowest BCUT2D eigenvalue weighted by Gasteiger charge is -2.59. The Morgan fingerprint density at radius 2 is 1.94 bits per heavy atom. The topological polar surface area (TPSA) is 74.6 Å². The van der Waals surface area contributed by atoms with E-state index in [0.717, 1.165) is 42.9 Å². The quantitative estimate of drug-likeness (QED) is 0.542. The van der Waals surface area contributed by atoms with E-state index in [-0.39, 0.29) is 11.0 Å². The Labute approximate surface area is 189 Å². The van der Waals surface area contributed by atoms with Crippen molar-refractivity contribution in [3.05, 3.63) is 69.8 Å². The minimum atomic E-state index is -1.08. The van der Waals surface area contributed by atoms with Crippen molar-refractivity contribution >= 4 is 24.1 Å². The standard InChI is InChI=1S/C28H30O4/c1-3-4-19-10-11-20-12-13-22-15-14-21-9-7-18-6-5-17(8-16-23(29)30)24(26(31)32)25(18)28(21,22)27(19,20)2/h5-9,14-16,19-20H,3-4,10-13H2,1-2H3,(H,29,30)(H,31,32)/b16-8+. The van der Waals surface area contributed by atoms with Crippen molar-refractivity contribution in [3.63, 3.8) is 0 Å². The van der Waals surface area contributed by atoms with E-state index in [1.165, 1.54) is 30.1 Å². The van der Waals surface area contributed by atoms with E-state index in [1.807, 2.05) is 12.1 Å². The Balaban J connectivity index is 1.86. The monoisotopic (exact) mass is 430 g/mol. The van der Waals surface area contributed by atoms with Crippen LogP contribution in [0.15, 0.2) is 47.6 Å². The first kappa shape index (κ1) is 21.0. The molecular weight excluding hydrogens is 400 g/mol. The van der Waals surface area contributed by atoms with Gasteiger partial charge in [0, 0.05) is 11.5 Å². The summed E-state index contributed by atoms with van der Waals surface area (Å²) >= 11 is 0. The SMILES string of the molecule is CCCC1CCC2CCC3=CC=C4C=Cc5ccc(/C=C/C(=O)O)c(C(=O)O)c5C43C12C. The highest BCUT2D eigenvalue weighted by atomic mass is 16.4. The predicted molar refractivity (Wildman–Crippen MR) is 125 cm³/mol. The third-order valence-electron chi connectivity index (χ3n) is 8.85. The zero-order valence-corrected chi connectivity index (χ0v) is 18.7. The maximum absolute atomic E-state index is 12.8. The van der Waals surface area contributed by atoms with Gasteiger partial charge in [-0.1, -0.05) is 68.7 Å². The van der Waals surface area contributed by atoms with Crippen molar-refractivity contribution in [2.24, 2.45) is 17.3 Å². The molecule has 1 spiro atoms. The fraction of sp³-hybridized carbons (Fsp3) is 0.429. The van der Waals surface area contributed by atoms with Gasteiger partial charge in [-0.25, -0.2) is 9.59 Å². The van der Waals surface area contributed by atoms with Gasteiger partial charge >= 0.3 is 11.9 Å². The second kappa shape index (κ2) is 7.33. The number of fused-ring (bicyclic) bond motifs is 2. The van der Waals surface area contributed by atoms with Gasteiger partial charge in [-0.15, -0.1) is 0 Å². The average molecular weight is 431 g/mol. The van der Waals surface area contributed by atoms with Crippen molar-refractivity contribution in [3.8, 4) is 0 Å². The minimum Gasteiger partial charge on any atom is -0.478 e. The first-order chi connectivity index (χ1) is 15.4. The largest absolute Gasteiger partial charge is 0.478 e. The second-order valence-electron chi connectivity index (χ2n) is 9.95. The number of carbonyl (C=O) groups is 2. The van der Waals surface area contributed by atoms with E-state index >= 15 is 0 Å². The van der Waals surface area contributed by atoms with Crippen molar-refractivity contribution in [2.75, 3.05) is 0 Å². The third-order valence-corrected chi connectivity index (χ3v) is 8.85. The number of hydrogen-bond donors (Lipinski definition) is 2. The highest BCUT2D eigenvalue weighted by Crippen LogP contribution is 2.72. The van der Waals surface area contributed by atoms with Gasteiger partial charge in [-0.2, -0.15) is 0 Å². The maximum Gasteiger partial charge on any atom is 0.336 e. The fourth-order valence-corrected chi connectivity index (χ4v) is 7.71. The molecule has 0 aliphatic heterocycles. The van der Waals surface area contributed by atoms with E-state index in [4.69, 9.17) is 0 Å². The Kier molecular flexibility index (Phi) is 4.81. The van der Waals surface area contributed by atoms with Gasteiger partial charge < -0.3 is 10.2 Å². The van der Waals surface area contributed by atoms with Gasteiger partial charge in [0.2, 0.25) is 0 Å². The molecule has 166 valence electrons. The van der Waals surface area contributed by atoms with E-state index in [2.05, 4.69) is 32.1 Å². The molecule has 2 N–H and O–H groups in total. The fourth-order valence-electron chi connectivity index (χ4n) is 7.71. The molecule has 0 bridgehead atoms. The van der Waals surface area contributed by atoms with Crippen LogP contribution in [0.1, 0.15) is 79.4 Å². The molecule has 0 aromatic heterocycles. The molecule has 4 aliphatic rings. The normalized spacial score (nSPS) is 32.1. The molecule has 2 saturated carbocycles. The molecule has 4 unspecified atom stereocenters. The first-order valence-electron chi connectivity index (χ1n) is 11.8. The summed E-state index contributed by atoms with van der Waals surface area (Å²) in [5, 5.41) is 19.6. The van der Waals surface area contributed by atoms with Crippen LogP contribution in [-0.4, -0.2) is 22.2 Å². The summed E-state index contributed by atoms with van der Waals surface area (Å²) in [5.74, 6) is -0.987. The van der Waals surface area contributed by atoms with Crippen LogP contribution in [0.2, 0.25) is 0 Å². The lowest BCUT2D eigenvalue weighted by Crippen LogP contribution is -2.55. The highest BCUT2D eigenvalue weighted by molar-refractivity contribution is 5.99. The smallest absolute Gasteiger partial charge is 0.336 e. The van der Waals surface area contributed by atoms with Gasteiger partial charge in [-0.05, 0) is 71.3 Å². The molecule has 0 heterocycles. The van der Waals surface area contributed by atoms with E-state index in [0.29, 0.717) is 17.4 Å². The van der Waals surface area contributed by atoms with Crippen LogP contribution >= 0.6 is 0 Å². The van der Waals surface area contributed by atoms with Crippen LogP contribution in [0.4, 0.5) is 0 Å². The number of allylic oxidation sites excluding steroid dienone is 5. The maximum atomic E-state index is 12.8. The van der Waals surface area contributed by atoms with Gasteiger partial charge in [0.1, 0.15) is 0 Å². The number of hydrogen-bond acceptors (Lipinski definition) is 2. The zero-order chi connectivity index (χ0) is 22.7. The Bertz CT molecular complexity index is 1130. The zero-order valence-electron chi connectivity index (χ0n) is 18.7. The summed E-state index contributed by atoms with van der Waals surface area (Å²) in [7, 11) is 0. The summed E-state index contributed by atoms with van der Waals surface area (Å²) in [6.45, 7) is 4.66. The van der Waals surface area contributed by atoms with Gasteiger partial charge in [0.15, 0.2) is 0 Å². The molecule has 1 aromatic rings. The third kappa shape index (κ3) is 2.55. The first-order valence-corrected chi connectivity index (χ1v) is 11.8. The molecule has 0 radical (unpaired) electrons. The van der Waals surface area contributed by atoms with Gasteiger partial charge in [0.05, 0.1) is 5.56 Å². The van der Waals surface area contributed by atoms with Crippen LogP contribution in [0.25, 0.3) is 12.2 Å². The average Bonchev–Trinajstić information content (AvgIpc) is 3.31. The Morgan fingerprint density at radius 1 is 1.12 bits per heavy atom. The molecular formula is C28H30O4. The van der Waals surface area contributed by atoms with Crippen molar-refractivity contribution < 1.29 is 19.8 Å². The van der Waals surface area contributed by atoms with Crippen molar-refractivity contribution in [1.29, 1.82) is 0 Å². The molecule has 4 atom stereocenters. The number of carboxylic acids is 2. The summed E-state index contributed by atoms with van der Waals surface area (Å²) in [5.41, 5.74) is 4.58. The Hall–Kier alpha value is -2.88. The van der Waals surface area contributed by atoms with Gasteiger partial charge in [-0.3, -0.25) is 0 Å². The molecule has 4 aliphatic carbocycles. The van der Waals surface area contributed by atoms with Crippen molar-refractivity contribution in [1.82, 2.24) is 0 Å². The number of aromatic carboxylic acids is 1. The summed E-state index contributed by atoms with van der Waals surface area (Å²) in [4.78, 5) is 24.0. The van der Waals surface area contributed by atoms with E-state index in [9.17, 15) is 19.8 Å². The molecule has 0 saturated heterocycles. The lowest BCUT2D eigenvalue weighted by molar-refractivity contribution is -0.131. The van der Waals surface area contributed by atoms with Crippen LogP contribution in [0.3, 0.4) is 0 Å². The predicted octanol–water partition coefficient (Wildman–Crippen LogP) is 6.24. The number of aliphatic carboxylic acids is 1. The molecule has 0 amide bonds. The van der Waals surface area contributed by atoms with Gasteiger partial charge in [0.25, 0.3) is 0 Å². The Morgan fingerprint density at radius 3 is 2.66 bits per heavy atom. The molecule has 5 rings (SSSR count). The van der Waals surface area contributed by atoms with Crippen molar-refractivity contribution in [2.45, 2.75) is 57.8 Å². The molecule has 32 heavy (non-hydrogen) atoms. The summed E-state index contributed by atoms with van der Waals surface area (Å²) in [6, 6.07) is 3.72. The summed E-state index contributed by atoms with van der Waals surface area (Å²) in [6.07, 6.45) is 17.9. The highest BCUT2D eigenvalue weighted by Gasteiger charge is 2.66. The van der Waals surface area contributed by atoms with Crippen LogP contribution in [-0.2, 0) is 10.2 Å². The van der Waals surface area contributed by atoms with Crippen LogP contribution in [0.5, 0.6) is 0 Å². The minimum absolute atomic E-state index is 0.0612. The number of benzene rings is 1. The van der Waals surface area contributed by atoms with E-state index in [1.54, 1.807) is 6.07 Å². The second-order valence-corrected chi connectivity index (χ2v) is 9.95. The number of rotatable bonds is 5.